The molecule has 0 amide bonds. The number of aromatic nitrogens is 3. The fraction of sp³-hybridized carbons (Fsp3) is 0.200. The van der Waals surface area contributed by atoms with Crippen LogP contribution in [0.1, 0.15) is 17.1 Å². The van der Waals surface area contributed by atoms with Gasteiger partial charge < -0.3 is 0 Å². The van der Waals surface area contributed by atoms with Crippen molar-refractivity contribution in [1.82, 2.24) is 14.8 Å². The molecule has 0 saturated carbocycles. The van der Waals surface area contributed by atoms with Crippen molar-refractivity contribution < 1.29 is 13.2 Å². The minimum atomic E-state index is -4.46. The lowest BCUT2D eigenvalue weighted by Gasteiger charge is -2.13. The number of halogens is 3. The van der Waals surface area contributed by atoms with Crippen LogP contribution in [0, 0.1) is 13.8 Å². The van der Waals surface area contributed by atoms with Crippen LogP contribution in [0.2, 0.25) is 0 Å². The maximum Gasteiger partial charge on any atom is 0.433 e. The van der Waals surface area contributed by atoms with Crippen molar-refractivity contribution >= 4 is 10.9 Å². The molecule has 3 nitrogen and oxygen atoms in total. The van der Waals surface area contributed by atoms with E-state index in [0.29, 0.717) is 28.0 Å². The van der Waals surface area contributed by atoms with Gasteiger partial charge >= 0.3 is 6.18 Å². The summed E-state index contributed by atoms with van der Waals surface area (Å²) in [6, 6.07) is 9.75. The molecule has 0 unspecified atom stereocenters. The maximum absolute atomic E-state index is 13.2. The Morgan fingerprint density at radius 1 is 1.00 bits per heavy atom. The molecule has 0 saturated heterocycles. The smallest absolute Gasteiger partial charge is 0.253 e. The summed E-state index contributed by atoms with van der Waals surface area (Å²) in [6.45, 7) is 3.29. The SMILES string of the molecule is Cc1cc(-n2nc(C)cc2C(F)(F)F)c2ccccc2n1. The molecule has 0 radical (unpaired) electrons. The monoisotopic (exact) mass is 291 g/mol. The number of nitrogens with zero attached hydrogens (tertiary/aromatic N) is 3. The Morgan fingerprint density at radius 3 is 2.43 bits per heavy atom. The van der Waals surface area contributed by atoms with Crippen molar-refractivity contribution in [3.63, 3.8) is 0 Å². The largest absolute Gasteiger partial charge is 0.433 e. The van der Waals surface area contributed by atoms with E-state index in [4.69, 9.17) is 0 Å². The van der Waals surface area contributed by atoms with Crippen LogP contribution in [0.4, 0.5) is 13.2 Å². The lowest BCUT2D eigenvalue weighted by atomic mass is 10.1. The molecule has 0 atom stereocenters. The molecule has 2 aromatic heterocycles. The second-order valence-corrected chi connectivity index (χ2v) is 4.88. The summed E-state index contributed by atoms with van der Waals surface area (Å²) in [5.74, 6) is 0. The van der Waals surface area contributed by atoms with E-state index in [2.05, 4.69) is 10.1 Å². The number of benzene rings is 1. The topological polar surface area (TPSA) is 30.7 Å². The number of para-hydroxylation sites is 1. The van der Waals surface area contributed by atoms with Gasteiger partial charge in [0.1, 0.15) is 5.69 Å². The predicted molar refractivity (Wildman–Crippen MR) is 73.3 cm³/mol. The van der Waals surface area contributed by atoms with Crippen LogP contribution in [0.5, 0.6) is 0 Å². The van der Waals surface area contributed by atoms with Gasteiger partial charge in [-0.15, -0.1) is 0 Å². The highest BCUT2D eigenvalue weighted by atomic mass is 19.4. The van der Waals surface area contributed by atoms with E-state index >= 15 is 0 Å². The number of pyridine rings is 1. The Hall–Kier alpha value is -2.37. The van der Waals surface area contributed by atoms with E-state index in [9.17, 15) is 13.2 Å². The summed E-state index contributed by atoms with van der Waals surface area (Å²) < 4.78 is 40.5. The normalized spacial score (nSPS) is 12.0. The van der Waals surface area contributed by atoms with Crippen molar-refractivity contribution in [2.24, 2.45) is 0 Å². The molecular weight excluding hydrogens is 279 g/mol. The number of aryl methyl sites for hydroxylation is 2. The van der Waals surface area contributed by atoms with E-state index in [1.165, 1.54) is 0 Å². The van der Waals surface area contributed by atoms with Crippen molar-refractivity contribution in [3.05, 3.63) is 53.5 Å². The quantitative estimate of drug-likeness (QED) is 0.677. The van der Waals surface area contributed by atoms with Gasteiger partial charge in [-0.1, -0.05) is 18.2 Å². The van der Waals surface area contributed by atoms with Crippen molar-refractivity contribution in [2.75, 3.05) is 0 Å². The Bertz CT molecular complexity index is 819. The summed E-state index contributed by atoms with van der Waals surface area (Å²) in [4.78, 5) is 4.34. The van der Waals surface area contributed by atoms with Crippen LogP contribution in [0.25, 0.3) is 16.6 Å². The van der Waals surface area contributed by atoms with Crippen LogP contribution in [0.15, 0.2) is 36.4 Å². The number of alkyl halides is 3. The van der Waals surface area contributed by atoms with Gasteiger partial charge in [-0.05, 0) is 32.0 Å². The van der Waals surface area contributed by atoms with E-state index in [0.717, 1.165) is 10.7 Å². The lowest BCUT2D eigenvalue weighted by molar-refractivity contribution is -0.142. The van der Waals surface area contributed by atoms with Gasteiger partial charge in [0.15, 0.2) is 0 Å². The fourth-order valence-corrected chi connectivity index (χ4v) is 2.35. The minimum absolute atomic E-state index is 0.320. The van der Waals surface area contributed by atoms with Crippen LogP contribution in [-0.2, 0) is 6.18 Å². The summed E-state index contributed by atoms with van der Waals surface area (Å²) >= 11 is 0. The highest BCUT2D eigenvalue weighted by Gasteiger charge is 2.36. The average molecular weight is 291 g/mol. The molecule has 3 aromatic rings. The molecule has 0 aliphatic rings. The van der Waals surface area contributed by atoms with Gasteiger partial charge in [0.05, 0.1) is 16.9 Å². The van der Waals surface area contributed by atoms with Crippen molar-refractivity contribution in [2.45, 2.75) is 20.0 Å². The zero-order chi connectivity index (χ0) is 15.2. The Balaban J connectivity index is 2.36. The van der Waals surface area contributed by atoms with Gasteiger partial charge in [-0.25, -0.2) is 4.68 Å². The molecule has 0 aliphatic heterocycles. The summed E-state index contributed by atoms with van der Waals surface area (Å²) in [5, 5.41) is 4.64. The Labute approximate surface area is 119 Å². The third-order valence-corrected chi connectivity index (χ3v) is 3.17. The highest BCUT2D eigenvalue weighted by molar-refractivity contribution is 5.87. The van der Waals surface area contributed by atoms with Crippen LogP contribution in [0.3, 0.4) is 0 Å². The third kappa shape index (κ3) is 2.37. The first-order valence-electron chi connectivity index (χ1n) is 6.37. The zero-order valence-electron chi connectivity index (χ0n) is 11.4. The fourth-order valence-electron chi connectivity index (χ4n) is 2.35. The first-order valence-corrected chi connectivity index (χ1v) is 6.37. The first kappa shape index (κ1) is 13.6. The number of hydrogen-bond donors (Lipinski definition) is 0. The standard InChI is InChI=1S/C15H12F3N3/c1-9-7-13(11-5-3-4-6-12(11)19-9)21-14(15(16,17)18)8-10(2)20-21/h3-8H,1-2H3. The first-order chi connectivity index (χ1) is 9.86. The minimum Gasteiger partial charge on any atom is -0.253 e. The summed E-state index contributed by atoms with van der Waals surface area (Å²) in [5.41, 5.74) is 1.22. The lowest BCUT2D eigenvalue weighted by Crippen LogP contribution is -2.13. The van der Waals surface area contributed by atoms with E-state index in [1.807, 2.05) is 0 Å². The molecule has 0 bridgehead atoms. The van der Waals surface area contributed by atoms with Gasteiger partial charge in [0, 0.05) is 11.1 Å². The number of rotatable bonds is 1. The zero-order valence-corrected chi connectivity index (χ0v) is 11.4. The summed E-state index contributed by atoms with van der Waals surface area (Å²) in [6.07, 6.45) is -4.46. The Morgan fingerprint density at radius 2 is 1.71 bits per heavy atom. The van der Waals surface area contributed by atoms with E-state index < -0.39 is 11.9 Å². The van der Waals surface area contributed by atoms with E-state index in [-0.39, 0.29) is 0 Å². The van der Waals surface area contributed by atoms with Crippen LogP contribution >= 0.6 is 0 Å². The van der Waals surface area contributed by atoms with Crippen molar-refractivity contribution in [3.8, 4) is 5.69 Å². The number of fused-ring (bicyclic) bond motifs is 1. The molecule has 108 valence electrons. The van der Waals surface area contributed by atoms with Crippen LogP contribution in [-0.4, -0.2) is 14.8 Å². The molecule has 0 spiro atoms. The molecule has 2 heterocycles. The summed E-state index contributed by atoms with van der Waals surface area (Å²) in [7, 11) is 0. The third-order valence-electron chi connectivity index (χ3n) is 3.17. The maximum atomic E-state index is 13.2. The second-order valence-electron chi connectivity index (χ2n) is 4.88. The van der Waals surface area contributed by atoms with Gasteiger partial charge in [0.25, 0.3) is 0 Å². The van der Waals surface area contributed by atoms with Crippen molar-refractivity contribution in [1.29, 1.82) is 0 Å². The molecule has 3 rings (SSSR count). The molecule has 0 N–H and O–H groups in total. The van der Waals surface area contributed by atoms with Gasteiger partial charge in [0.2, 0.25) is 0 Å². The van der Waals surface area contributed by atoms with Gasteiger partial charge in [-0.2, -0.15) is 18.3 Å². The molecule has 0 fully saturated rings. The van der Waals surface area contributed by atoms with Crippen LogP contribution < -0.4 is 0 Å². The molecule has 21 heavy (non-hydrogen) atoms. The Kier molecular flexibility index (Phi) is 2.97. The molecular formula is C15H12F3N3. The molecule has 1 aromatic carbocycles. The second kappa shape index (κ2) is 4.58. The highest BCUT2D eigenvalue weighted by Crippen LogP contribution is 2.33. The average Bonchev–Trinajstić information content (AvgIpc) is 2.79. The molecule has 6 heteroatoms. The van der Waals surface area contributed by atoms with Gasteiger partial charge in [-0.3, -0.25) is 4.98 Å². The predicted octanol–water partition coefficient (Wildman–Crippen LogP) is 4.06. The molecule has 0 aliphatic carbocycles. The number of hydrogen-bond acceptors (Lipinski definition) is 2. The van der Waals surface area contributed by atoms with E-state index in [1.54, 1.807) is 44.2 Å².